The van der Waals surface area contributed by atoms with Crippen molar-refractivity contribution in [3.63, 3.8) is 0 Å². The van der Waals surface area contributed by atoms with Gasteiger partial charge in [-0.2, -0.15) is 0 Å². The molecular weight excluding hydrogens is 402 g/mol. The number of anilines is 1. The predicted molar refractivity (Wildman–Crippen MR) is 102 cm³/mol. The van der Waals surface area contributed by atoms with Gasteiger partial charge in [0.05, 0.1) is 11.3 Å². The lowest BCUT2D eigenvalue weighted by atomic mass is 10.2. The molecule has 0 aliphatic heterocycles. The first-order valence-electron chi connectivity index (χ1n) is 7.61. The third-order valence-corrected chi connectivity index (χ3v) is 5.21. The number of halogens is 1. The van der Waals surface area contributed by atoms with E-state index in [9.17, 15) is 4.79 Å². The molecule has 0 unspecified atom stereocenters. The Kier molecular flexibility index (Phi) is 5.55. The lowest BCUT2D eigenvalue weighted by Gasteiger charge is -2.09. The molecular formula is C18H16BrN3O2S. The molecule has 2 heterocycles. The number of rotatable bonds is 5. The molecule has 5 nitrogen and oxygen atoms in total. The van der Waals surface area contributed by atoms with E-state index in [1.807, 2.05) is 38.1 Å². The van der Waals surface area contributed by atoms with Crippen LogP contribution in [-0.2, 0) is 5.75 Å². The molecule has 0 spiro atoms. The standard InChI is InChI=1S/C18H16BrN3O2S/c1-11-16(12(2)24-22-11)10-25-18-15(4-3-9-20-18)17(23)21-14-7-5-13(19)6-8-14/h3-9H,10H2,1-2H3,(H,21,23). The summed E-state index contributed by atoms with van der Waals surface area (Å²) in [6.45, 7) is 3.79. The van der Waals surface area contributed by atoms with Crippen LogP contribution >= 0.6 is 27.7 Å². The van der Waals surface area contributed by atoms with Crippen LogP contribution in [0.15, 0.2) is 56.6 Å². The SMILES string of the molecule is Cc1noc(C)c1CSc1ncccc1C(=O)Nc1ccc(Br)cc1. The van der Waals surface area contributed by atoms with Crippen molar-refractivity contribution in [2.24, 2.45) is 0 Å². The van der Waals surface area contributed by atoms with Crippen molar-refractivity contribution in [3.05, 3.63) is 69.6 Å². The Morgan fingerprint density at radius 3 is 2.68 bits per heavy atom. The third kappa shape index (κ3) is 4.29. The molecule has 0 radical (unpaired) electrons. The minimum absolute atomic E-state index is 0.184. The molecule has 2 aromatic heterocycles. The molecule has 1 aromatic carbocycles. The van der Waals surface area contributed by atoms with Gasteiger partial charge in [-0.05, 0) is 50.2 Å². The van der Waals surface area contributed by atoms with Crippen molar-refractivity contribution in [2.75, 3.05) is 5.32 Å². The fourth-order valence-electron chi connectivity index (χ4n) is 2.26. The maximum Gasteiger partial charge on any atom is 0.258 e. The highest BCUT2D eigenvalue weighted by Gasteiger charge is 2.15. The molecule has 0 aliphatic carbocycles. The number of aromatic nitrogens is 2. The summed E-state index contributed by atoms with van der Waals surface area (Å²) in [6, 6.07) is 11.0. The topological polar surface area (TPSA) is 68.0 Å². The van der Waals surface area contributed by atoms with Gasteiger partial charge in [-0.25, -0.2) is 4.98 Å². The molecule has 0 bridgehead atoms. The molecule has 0 saturated heterocycles. The first-order valence-corrected chi connectivity index (χ1v) is 9.39. The van der Waals surface area contributed by atoms with E-state index in [1.54, 1.807) is 18.3 Å². The van der Waals surface area contributed by atoms with Crippen molar-refractivity contribution in [3.8, 4) is 0 Å². The Morgan fingerprint density at radius 1 is 1.24 bits per heavy atom. The molecule has 0 aliphatic rings. The van der Waals surface area contributed by atoms with Crippen molar-refractivity contribution < 1.29 is 9.32 Å². The number of benzene rings is 1. The number of carbonyl (C=O) groups is 1. The summed E-state index contributed by atoms with van der Waals surface area (Å²) in [5.41, 5.74) is 3.18. The Balaban J connectivity index is 1.76. The summed E-state index contributed by atoms with van der Waals surface area (Å²) in [4.78, 5) is 17.0. The molecule has 1 N–H and O–H groups in total. The number of carbonyl (C=O) groups excluding carboxylic acids is 1. The molecule has 1 amide bonds. The molecule has 3 rings (SSSR count). The van der Waals surface area contributed by atoms with Gasteiger partial charge >= 0.3 is 0 Å². The average Bonchev–Trinajstić information content (AvgIpc) is 2.93. The zero-order valence-corrected chi connectivity index (χ0v) is 16.1. The monoisotopic (exact) mass is 417 g/mol. The first kappa shape index (κ1) is 17.7. The first-order chi connectivity index (χ1) is 12.0. The zero-order chi connectivity index (χ0) is 17.8. The van der Waals surface area contributed by atoms with Gasteiger partial charge in [0.15, 0.2) is 0 Å². The van der Waals surface area contributed by atoms with E-state index in [4.69, 9.17) is 4.52 Å². The van der Waals surface area contributed by atoms with E-state index in [0.717, 1.165) is 27.2 Å². The van der Waals surface area contributed by atoms with Gasteiger partial charge in [-0.15, -0.1) is 11.8 Å². The second kappa shape index (κ2) is 7.84. The number of pyridine rings is 1. The summed E-state index contributed by atoms with van der Waals surface area (Å²) in [5, 5.41) is 7.53. The normalized spacial score (nSPS) is 10.7. The molecule has 0 saturated carbocycles. The van der Waals surface area contributed by atoms with Crippen molar-refractivity contribution in [1.82, 2.24) is 10.1 Å². The summed E-state index contributed by atoms with van der Waals surface area (Å²) < 4.78 is 6.14. The van der Waals surface area contributed by atoms with Crippen LogP contribution in [0.4, 0.5) is 5.69 Å². The van der Waals surface area contributed by atoms with E-state index in [1.165, 1.54) is 11.8 Å². The average molecular weight is 418 g/mol. The van der Waals surface area contributed by atoms with Crippen LogP contribution < -0.4 is 5.32 Å². The van der Waals surface area contributed by atoms with Crippen LogP contribution in [0.3, 0.4) is 0 Å². The Bertz CT molecular complexity index is 874. The summed E-state index contributed by atoms with van der Waals surface area (Å²) >= 11 is 4.88. The number of hydrogen-bond acceptors (Lipinski definition) is 5. The highest BCUT2D eigenvalue weighted by atomic mass is 79.9. The van der Waals surface area contributed by atoms with E-state index in [0.29, 0.717) is 16.3 Å². The van der Waals surface area contributed by atoms with Crippen molar-refractivity contribution in [2.45, 2.75) is 24.6 Å². The highest BCUT2D eigenvalue weighted by molar-refractivity contribution is 9.10. The van der Waals surface area contributed by atoms with Crippen LogP contribution in [0.1, 0.15) is 27.4 Å². The second-order valence-electron chi connectivity index (χ2n) is 5.41. The van der Waals surface area contributed by atoms with E-state index >= 15 is 0 Å². The molecule has 3 aromatic rings. The quantitative estimate of drug-likeness (QED) is 0.591. The third-order valence-electron chi connectivity index (χ3n) is 3.65. The predicted octanol–water partition coefficient (Wildman–Crippen LogP) is 4.99. The van der Waals surface area contributed by atoms with Crippen LogP contribution in [0.25, 0.3) is 0 Å². The van der Waals surface area contributed by atoms with E-state index < -0.39 is 0 Å². The minimum Gasteiger partial charge on any atom is -0.361 e. The fourth-order valence-corrected chi connectivity index (χ4v) is 3.67. The van der Waals surface area contributed by atoms with Crippen molar-refractivity contribution >= 4 is 39.3 Å². The van der Waals surface area contributed by atoms with Gasteiger partial charge < -0.3 is 9.84 Å². The molecule has 0 atom stereocenters. The van der Waals surface area contributed by atoms with Gasteiger partial charge in [0.2, 0.25) is 0 Å². The highest BCUT2D eigenvalue weighted by Crippen LogP contribution is 2.27. The Labute approximate surface area is 158 Å². The second-order valence-corrected chi connectivity index (χ2v) is 7.29. The summed E-state index contributed by atoms with van der Waals surface area (Å²) in [5.74, 6) is 1.26. The lowest BCUT2D eigenvalue weighted by Crippen LogP contribution is -2.13. The maximum atomic E-state index is 12.6. The minimum atomic E-state index is -0.184. The Morgan fingerprint density at radius 2 is 2.00 bits per heavy atom. The Hall–Kier alpha value is -2.12. The van der Waals surface area contributed by atoms with Gasteiger partial charge in [-0.3, -0.25) is 4.79 Å². The molecule has 25 heavy (non-hydrogen) atoms. The van der Waals surface area contributed by atoms with Gasteiger partial charge in [0, 0.05) is 27.7 Å². The fraction of sp³-hybridized carbons (Fsp3) is 0.167. The summed E-state index contributed by atoms with van der Waals surface area (Å²) in [7, 11) is 0. The molecule has 128 valence electrons. The number of thioether (sulfide) groups is 1. The zero-order valence-electron chi connectivity index (χ0n) is 13.7. The van der Waals surface area contributed by atoms with Gasteiger partial charge in [0.25, 0.3) is 5.91 Å². The lowest BCUT2D eigenvalue weighted by molar-refractivity contribution is 0.102. The maximum absolute atomic E-state index is 12.6. The van der Waals surface area contributed by atoms with E-state index in [-0.39, 0.29) is 5.91 Å². The number of hydrogen-bond donors (Lipinski definition) is 1. The van der Waals surface area contributed by atoms with Gasteiger partial charge in [-0.1, -0.05) is 21.1 Å². The van der Waals surface area contributed by atoms with Crippen LogP contribution in [0.5, 0.6) is 0 Å². The van der Waals surface area contributed by atoms with E-state index in [2.05, 4.69) is 31.4 Å². The molecule has 0 fully saturated rings. The van der Waals surface area contributed by atoms with Crippen LogP contribution in [-0.4, -0.2) is 16.0 Å². The number of amides is 1. The molecule has 7 heteroatoms. The number of aryl methyl sites for hydroxylation is 2. The van der Waals surface area contributed by atoms with Crippen molar-refractivity contribution in [1.29, 1.82) is 0 Å². The van der Waals surface area contributed by atoms with Gasteiger partial charge in [0.1, 0.15) is 10.8 Å². The van der Waals surface area contributed by atoms with Crippen LogP contribution in [0, 0.1) is 13.8 Å². The smallest absolute Gasteiger partial charge is 0.258 e. The van der Waals surface area contributed by atoms with Crippen LogP contribution in [0.2, 0.25) is 0 Å². The number of nitrogens with zero attached hydrogens (tertiary/aromatic N) is 2. The summed E-state index contributed by atoms with van der Waals surface area (Å²) in [6.07, 6.45) is 1.69. The number of nitrogens with one attached hydrogen (secondary N) is 1. The largest absolute Gasteiger partial charge is 0.361 e.